The Bertz CT molecular complexity index is 120. The monoisotopic (exact) mass is 191 g/mol. The Morgan fingerprint density at radius 2 is 2.44 bits per heavy atom. The van der Waals surface area contributed by atoms with Gasteiger partial charge in [-0.3, -0.25) is 0 Å². The molecule has 0 N–H and O–H groups in total. The lowest BCUT2D eigenvalue weighted by Gasteiger charge is -1.98. The van der Waals surface area contributed by atoms with Gasteiger partial charge in [-0.25, -0.2) is 4.99 Å². The highest BCUT2D eigenvalue weighted by atomic mass is 79.9. The first-order valence-electron chi connectivity index (χ1n) is 2.59. The topological polar surface area (TPSA) is 21.6 Å². The minimum atomic E-state index is 0.0884. The molecule has 0 aromatic rings. The fourth-order valence-corrected chi connectivity index (χ4v) is 0.566. The third-order valence-corrected chi connectivity index (χ3v) is 0.894. The lowest BCUT2D eigenvalue weighted by Crippen LogP contribution is -1.98. The maximum absolute atomic E-state index is 4.81. The second-order valence-electron chi connectivity index (χ2n) is 1.45. The molecule has 0 radical (unpaired) electrons. The molecule has 1 unspecified atom stereocenters. The minimum Gasteiger partial charge on any atom is -0.481 e. The summed E-state index contributed by atoms with van der Waals surface area (Å²) in [6, 6.07) is 0. The van der Waals surface area contributed by atoms with Crippen LogP contribution in [0.2, 0.25) is 0 Å². The van der Waals surface area contributed by atoms with Crippen LogP contribution < -0.4 is 0 Å². The van der Waals surface area contributed by atoms with E-state index in [0.717, 1.165) is 0 Å². The molecule has 2 nitrogen and oxygen atoms in total. The molecule has 0 saturated carbocycles. The Balaban J connectivity index is 3.90. The van der Waals surface area contributed by atoms with Crippen LogP contribution in [0.15, 0.2) is 17.6 Å². The number of rotatable bonds is 2. The SMILES string of the molecule is C=C/C(=N\C(C)Br)OC. The van der Waals surface area contributed by atoms with Gasteiger partial charge in [-0.1, -0.05) is 22.5 Å². The molecule has 0 fully saturated rings. The van der Waals surface area contributed by atoms with E-state index < -0.39 is 0 Å². The normalized spacial score (nSPS) is 14.8. The Labute approximate surface area is 63.8 Å². The van der Waals surface area contributed by atoms with E-state index in [2.05, 4.69) is 27.5 Å². The van der Waals surface area contributed by atoms with Crippen LogP contribution in [0, 0.1) is 0 Å². The Hall–Kier alpha value is -0.310. The Kier molecular flexibility index (Phi) is 4.40. The highest BCUT2D eigenvalue weighted by molar-refractivity contribution is 9.09. The number of methoxy groups -OCH3 is 1. The summed E-state index contributed by atoms with van der Waals surface area (Å²) in [6.07, 6.45) is 1.57. The molecule has 9 heavy (non-hydrogen) atoms. The number of nitrogens with zero attached hydrogens (tertiary/aromatic N) is 1. The van der Waals surface area contributed by atoms with E-state index in [0.29, 0.717) is 5.90 Å². The van der Waals surface area contributed by atoms with Crippen LogP contribution in [0.4, 0.5) is 0 Å². The summed E-state index contributed by atoms with van der Waals surface area (Å²) < 4.78 is 4.81. The molecule has 0 aromatic carbocycles. The number of hydrogen-bond acceptors (Lipinski definition) is 2. The molecule has 0 rings (SSSR count). The van der Waals surface area contributed by atoms with Crippen molar-refractivity contribution in [3.63, 3.8) is 0 Å². The van der Waals surface area contributed by atoms with E-state index >= 15 is 0 Å². The van der Waals surface area contributed by atoms with Crippen molar-refractivity contribution in [1.82, 2.24) is 0 Å². The first kappa shape index (κ1) is 8.69. The van der Waals surface area contributed by atoms with Crippen LogP contribution >= 0.6 is 15.9 Å². The van der Waals surface area contributed by atoms with Gasteiger partial charge >= 0.3 is 0 Å². The third kappa shape index (κ3) is 4.21. The van der Waals surface area contributed by atoms with Crippen molar-refractivity contribution >= 4 is 21.8 Å². The summed E-state index contributed by atoms with van der Waals surface area (Å²) in [4.78, 5) is 4.10. The van der Waals surface area contributed by atoms with Gasteiger partial charge in [-0.2, -0.15) is 0 Å². The molecule has 0 amide bonds. The van der Waals surface area contributed by atoms with Gasteiger partial charge in [0.15, 0.2) is 0 Å². The molecule has 0 aromatic heterocycles. The Morgan fingerprint density at radius 1 is 1.89 bits per heavy atom. The highest BCUT2D eigenvalue weighted by Gasteiger charge is 1.92. The smallest absolute Gasteiger partial charge is 0.208 e. The first-order chi connectivity index (χ1) is 4.20. The summed E-state index contributed by atoms with van der Waals surface area (Å²) in [6.45, 7) is 5.41. The molecular formula is C6H10BrNO. The average molecular weight is 192 g/mol. The van der Waals surface area contributed by atoms with E-state index in [-0.39, 0.29) is 4.95 Å². The van der Waals surface area contributed by atoms with E-state index in [1.807, 2.05) is 6.92 Å². The van der Waals surface area contributed by atoms with Gasteiger partial charge in [-0.15, -0.1) is 0 Å². The Morgan fingerprint density at radius 3 is 2.56 bits per heavy atom. The summed E-state index contributed by atoms with van der Waals surface area (Å²) in [5.74, 6) is 0.555. The van der Waals surface area contributed by atoms with Gasteiger partial charge in [0.25, 0.3) is 0 Å². The first-order valence-corrected chi connectivity index (χ1v) is 3.50. The van der Waals surface area contributed by atoms with Crippen molar-refractivity contribution in [2.45, 2.75) is 11.9 Å². The van der Waals surface area contributed by atoms with Crippen molar-refractivity contribution in [3.05, 3.63) is 12.7 Å². The van der Waals surface area contributed by atoms with Crippen LogP contribution in [-0.2, 0) is 4.74 Å². The number of halogens is 1. The predicted octanol–water partition coefficient (Wildman–Crippen LogP) is 1.96. The van der Waals surface area contributed by atoms with Crippen molar-refractivity contribution < 1.29 is 4.74 Å². The molecule has 0 aliphatic heterocycles. The summed E-state index contributed by atoms with van der Waals surface area (Å²) in [7, 11) is 1.57. The van der Waals surface area contributed by atoms with Gasteiger partial charge < -0.3 is 4.74 Å². The van der Waals surface area contributed by atoms with Crippen LogP contribution in [0.3, 0.4) is 0 Å². The number of aliphatic imine (C=N–C) groups is 1. The van der Waals surface area contributed by atoms with Crippen LogP contribution in [0.1, 0.15) is 6.92 Å². The third-order valence-electron chi connectivity index (χ3n) is 0.689. The maximum atomic E-state index is 4.81. The zero-order valence-corrected chi connectivity index (χ0v) is 7.18. The highest BCUT2D eigenvalue weighted by Crippen LogP contribution is 1.99. The molecule has 52 valence electrons. The minimum absolute atomic E-state index is 0.0884. The fraction of sp³-hybridized carbons (Fsp3) is 0.500. The van der Waals surface area contributed by atoms with E-state index in [1.54, 1.807) is 13.2 Å². The average Bonchev–Trinajstić information content (AvgIpc) is 1.82. The maximum Gasteiger partial charge on any atom is 0.208 e. The van der Waals surface area contributed by atoms with Crippen molar-refractivity contribution in [2.24, 2.45) is 4.99 Å². The second kappa shape index (κ2) is 4.56. The number of ether oxygens (including phenoxy) is 1. The second-order valence-corrected chi connectivity index (χ2v) is 2.77. The largest absolute Gasteiger partial charge is 0.481 e. The van der Waals surface area contributed by atoms with Crippen LogP contribution in [0.5, 0.6) is 0 Å². The fourth-order valence-electron chi connectivity index (χ4n) is 0.364. The van der Waals surface area contributed by atoms with Gasteiger partial charge in [-0.05, 0) is 13.0 Å². The van der Waals surface area contributed by atoms with Gasteiger partial charge in [0, 0.05) is 0 Å². The lowest BCUT2D eigenvalue weighted by atomic mass is 10.6. The van der Waals surface area contributed by atoms with Crippen LogP contribution in [-0.4, -0.2) is 18.0 Å². The summed E-state index contributed by atoms with van der Waals surface area (Å²) >= 11 is 3.24. The van der Waals surface area contributed by atoms with Crippen molar-refractivity contribution in [1.29, 1.82) is 0 Å². The number of hydrogen-bond donors (Lipinski definition) is 0. The van der Waals surface area contributed by atoms with Gasteiger partial charge in [0.1, 0.15) is 4.95 Å². The molecular weight excluding hydrogens is 182 g/mol. The van der Waals surface area contributed by atoms with Crippen LogP contribution in [0.25, 0.3) is 0 Å². The molecule has 0 saturated heterocycles. The molecule has 0 heterocycles. The van der Waals surface area contributed by atoms with E-state index in [9.17, 15) is 0 Å². The molecule has 0 aliphatic rings. The van der Waals surface area contributed by atoms with Crippen molar-refractivity contribution in [2.75, 3.05) is 7.11 Å². The molecule has 0 aliphatic carbocycles. The molecule has 3 heteroatoms. The summed E-state index contributed by atoms with van der Waals surface area (Å²) in [5.41, 5.74) is 0. The van der Waals surface area contributed by atoms with Gasteiger partial charge in [0.2, 0.25) is 5.90 Å². The van der Waals surface area contributed by atoms with Gasteiger partial charge in [0.05, 0.1) is 7.11 Å². The quantitative estimate of drug-likeness (QED) is 0.283. The zero-order valence-electron chi connectivity index (χ0n) is 5.60. The zero-order chi connectivity index (χ0) is 7.28. The molecule has 0 bridgehead atoms. The predicted molar refractivity (Wildman–Crippen MR) is 43.0 cm³/mol. The molecule has 0 spiro atoms. The van der Waals surface area contributed by atoms with E-state index in [4.69, 9.17) is 4.74 Å². The lowest BCUT2D eigenvalue weighted by molar-refractivity contribution is 0.404. The van der Waals surface area contributed by atoms with E-state index in [1.165, 1.54) is 0 Å². The molecule has 1 atom stereocenters. The van der Waals surface area contributed by atoms with Crippen molar-refractivity contribution in [3.8, 4) is 0 Å². The standard InChI is InChI=1S/C6H10BrNO/c1-4-6(9-3)8-5(2)7/h4-5H,1H2,2-3H3/b8-6+. The number of alkyl halides is 1. The summed E-state index contributed by atoms with van der Waals surface area (Å²) in [5, 5.41) is 0.